The molecule has 3 atom stereocenters. The molecule has 1 aliphatic heterocycles. The second kappa shape index (κ2) is 6.70. The van der Waals surface area contributed by atoms with Gasteiger partial charge in [-0.15, -0.1) is 0 Å². The van der Waals surface area contributed by atoms with E-state index >= 15 is 0 Å². The first kappa shape index (κ1) is 19.8. The van der Waals surface area contributed by atoms with Crippen LogP contribution in [-0.2, 0) is 11.8 Å². The van der Waals surface area contributed by atoms with Gasteiger partial charge < -0.3 is 14.4 Å². The molecule has 0 spiro atoms. The molecule has 0 N–H and O–H groups in total. The highest BCUT2D eigenvalue weighted by molar-refractivity contribution is 5.69. The van der Waals surface area contributed by atoms with Gasteiger partial charge in [-0.25, -0.2) is 14.3 Å². The topological polar surface area (TPSA) is 86.8 Å². The minimum Gasteiger partial charge on any atom is -0.469 e. The monoisotopic (exact) mass is 424 g/mol. The Balaban J connectivity index is 1.39. The molecule has 5 rings (SSSR count). The molecule has 1 amide bonds. The summed E-state index contributed by atoms with van der Waals surface area (Å²) in [6, 6.07) is 2.04. The van der Waals surface area contributed by atoms with Crippen molar-refractivity contribution in [1.82, 2.24) is 29.3 Å². The largest absolute Gasteiger partial charge is 0.469 e. The predicted octanol–water partition coefficient (Wildman–Crippen LogP) is 3.30. The Labute approximate surface area is 181 Å². The van der Waals surface area contributed by atoms with E-state index in [2.05, 4.69) is 17.1 Å². The first-order valence-electron chi connectivity index (χ1n) is 10.6. The number of hydrogen-bond acceptors (Lipinski definition) is 6. The number of carbonyl (C=O) groups excluding carboxylic acids is 1. The lowest BCUT2D eigenvalue weighted by molar-refractivity contribution is -0.0903. The third-order valence-corrected chi connectivity index (χ3v) is 6.26. The van der Waals surface area contributed by atoms with Gasteiger partial charge in [-0.1, -0.05) is 0 Å². The van der Waals surface area contributed by atoms with E-state index in [1.54, 1.807) is 21.6 Å². The van der Waals surface area contributed by atoms with Crippen LogP contribution in [-0.4, -0.2) is 59.2 Å². The molecule has 3 aromatic rings. The van der Waals surface area contributed by atoms with Crippen LogP contribution in [0.5, 0.6) is 5.88 Å². The van der Waals surface area contributed by atoms with Crippen molar-refractivity contribution in [2.45, 2.75) is 57.8 Å². The van der Waals surface area contributed by atoms with Gasteiger partial charge in [-0.3, -0.25) is 4.68 Å². The Hall–Kier alpha value is -3.10. The highest BCUT2D eigenvalue weighted by atomic mass is 16.6. The maximum atomic E-state index is 12.6. The van der Waals surface area contributed by atoms with Crippen molar-refractivity contribution < 1.29 is 14.3 Å². The first-order chi connectivity index (χ1) is 14.6. The van der Waals surface area contributed by atoms with Gasteiger partial charge in [0.1, 0.15) is 16.7 Å². The zero-order valence-corrected chi connectivity index (χ0v) is 18.6. The van der Waals surface area contributed by atoms with Crippen molar-refractivity contribution in [3.8, 4) is 17.1 Å². The van der Waals surface area contributed by atoms with Crippen molar-refractivity contribution in [2.75, 3.05) is 6.54 Å². The fourth-order valence-corrected chi connectivity index (χ4v) is 4.78. The number of carbonyl (C=O) groups is 1. The van der Waals surface area contributed by atoms with Gasteiger partial charge in [0.05, 0.1) is 24.3 Å². The van der Waals surface area contributed by atoms with Crippen LogP contribution >= 0.6 is 0 Å². The Morgan fingerprint density at radius 1 is 1.26 bits per heavy atom. The van der Waals surface area contributed by atoms with Gasteiger partial charge in [0.15, 0.2) is 0 Å². The third-order valence-electron chi connectivity index (χ3n) is 6.26. The molecule has 2 fully saturated rings. The molecular weight excluding hydrogens is 396 g/mol. The minimum absolute atomic E-state index is 0.141. The van der Waals surface area contributed by atoms with E-state index < -0.39 is 11.2 Å². The predicted molar refractivity (Wildman–Crippen MR) is 114 cm³/mol. The molecule has 1 aliphatic carbocycles. The molecule has 164 valence electrons. The van der Waals surface area contributed by atoms with Crippen molar-refractivity contribution in [3.05, 3.63) is 30.9 Å². The fourth-order valence-electron chi connectivity index (χ4n) is 4.78. The van der Waals surface area contributed by atoms with Gasteiger partial charge >= 0.3 is 6.09 Å². The smallest absolute Gasteiger partial charge is 0.410 e. The summed E-state index contributed by atoms with van der Waals surface area (Å²) in [6.45, 7) is 8.48. The average molecular weight is 425 g/mol. The van der Waals surface area contributed by atoms with Crippen LogP contribution in [0.25, 0.3) is 16.8 Å². The van der Waals surface area contributed by atoms with Crippen molar-refractivity contribution in [1.29, 1.82) is 0 Å². The lowest BCUT2D eigenvalue weighted by Crippen LogP contribution is -2.61. The SMILES string of the molecule is Cn1cc(-c2cn3nccc3c(O[C@@]3(C)C[C@@H]4[C@H]3CCN4C(=O)OC(C)(C)C)n2)cn1. The van der Waals surface area contributed by atoms with Crippen LogP contribution in [0, 0.1) is 5.92 Å². The number of hydrogen-bond donors (Lipinski definition) is 0. The molecule has 0 bridgehead atoms. The highest BCUT2D eigenvalue weighted by Gasteiger charge is 2.59. The molecule has 31 heavy (non-hydrogen) atoms. The van der Waals surface area contributed by atoms with E-state index in [0.29, 0.717) is 12.4 Å². The molecule has 3 aromatic heterocycles. The molecule has 9 heteroatoms. The number of nitrogens with zero attached hydrogens (tertiary/aromatic N) is 6. The summed E-state index contributed by atoms with van der Waals surface area (Å²) in [7, 11) is 1.87. The van der Waals surface area contributed by atoms with Crippen molar-refractivity contribution in [2.24, 2.45) is 13.0 Å². The quantitative estimate of drug-likeness (QED) is 0.641. The number of rotatable bonds is 3. The molecule has 0 aromatic carbocycles. The van der Waals surface area contributed by atoms with E-state index in [-0.39, 0.29) is 18.1 Å². The van der Waals surface area contributed by atoms with Crippen molar-refractivity contribution in [3.63, 3.8) is 0 Å². The summed E-state index contributed by atoms with van der Waals surface area (Å²) in [4.78, 5) is 19.2. The molecule has 0 unspecified atom stereocenters. The number of likely N-dealkylation sites (tertiary alicyclic amines) is 1. The number of amides is 1. The van der Waals surface area contributed by atoms with Crippen LogP contribution in [0.15, 0.2) is 30.9 Å². The van der Waals surface area contributed by atoms with Crippen LogP contribution in [0.2, 0.25) is 0 Å². The maximum Gasteiger partial charge on any atom is 0.410 e. The Kier molecular flexibility index (Phi) is 4.29. The van der Waals surface area contributed by atoms with Gasteiger partial charge in [-0.05, 0) is 40.2 Å². The summed E-state index contributed by atoms with van der Waals surface area (Å²) in [6.07, 6.45) is 8.70. The number of aryl methyl sites for hydroxylation is 1. The van der Waals surface area contributed by atoms with E-state index in [4.69, 9.17) is 14.5 Å². The highest BCUT2D eigenvalue weighted by Crippen LogP contribution is 2.51. The van der Waals surface area contributed by atoms with Gasteiger partial charge in [-0.2, -0.15) is 10.2 Å². The Morgan fingerprint density at radius 2 is 2.06 bits per heavy atom. The third kappa shape index (κ3) is 3.41. The van der Waals surface area contributed by atoms with E-state index in [0.717, 1.165) is 29.6 Å². The summed E-state index contributed by atoms with van der Waals surface area (Å²) in [5.41, 5.74) is 1.58. The average Bonchev–Trinajstić information content (AvgIpc) is 3.38. The zero-order valence-electron chi connectivity index (χ0n) is 18.6. The van der Waals surface area contributed by atoms with Crippen LogP contribution in [0.3, 0.4) is 0 Å². The number of ether oxygens (including phenoxy) is 2. The van der Waals surface area contributed by atoms with Gasteiger partial charge in [0, 0.05) is 43.7 Å². The van der Waals surface area contributed by atoms with E-state index in [1.165, 1.54) is 0 Å². The summed E-state index contributed by atoms with van der Waals surface area (Å²) in [5.74, 6) is 0.794. The van der Waals surface area contributed by atoms with Crippen LogP contribution < -0.4 is 4.74 Å². The van der Waals surface area contributed by atoms with Crippen LogP contribution in [0.1, 0.15) is 40.5 Å². The first-order valence-corrected chi connectivity index (χ1v) is 10.6. The molecule has 4 heterocycles. The van der Waals surface area contributed by atoms with Gasteiger partial charge in [0.2, 0.25) is 5.88 Å². The summed E-state index contributed by atoms with van der Waals surface area (Å²) < 4.78 is 15.7. The molecule has 1 saturated heterocycles. The molecule has 0 radical (unpaired) electrons. The number of fused-ring (bicyclic) bond motifs is 2. The summed E-state index contributed by atoms with van der Waals surface area (Å²) in [5, 5.41) is 8.62. The van der Waals surface area contributed by atoms with Gasteiger partial charge in [0.25, 0.3) is 0 Å². The lowest BCUT2D eigenvalue weighted by atomic mass is 9.66. The maximum absolute atomic E-state index is 12.6. The molecule has 9 nitrogen and oxygen atoms in total. The summed E-state index contributed by atoms with van der Waals surface area (Å²) >= 11 is 0. The van der Waals surface area contributed by atoms with E-state index in [9.17, 15) is 4.79 Å². The standard InChI is InChI=1S/C22H28N6O3/c1-21(2,3)31-20(29)27-9-7-15-18(27)10-22(15,4)30-19-17-6-8-23-28(17)13-16(25-19)14-11-24-26(5)12-14/h6,8,11-13,15,18H,7,9-10H2,1-5H3/t15-,18-,22+/m1/s1. The second-order valence-corrected chi connectivity index (χ2v) is 9.75. The molecule has 2 aliphatic rings. The number of aromatic nitrogens is 5. The molecular formula is C22H28N6O3. The second-order valence-electron chi connectivity index (χ2n) is 9.75. The molecule has 1 saturated carbocycles. The Morgan fingerprint density at radius 3 is 2.77 bits per heavy atom. The van der Waals surface area contributed by atoms with Crippen LogP contribution in [0.4, 0.5) is 4.79 Å². The normalized spacial score (nSPS) is 25.4. The van der Waals surface area contributed by atoms with Crippen molar-refractivity contribution >= 4 is 11.6 Å². The fraction of sp³-hybridized carbons (Fsp3) is 0.545. The minimum atomic E-state index is -0.497. The van der Waals surface area contributed by atoms with E-state index in [1.807, 2.05) is 51.2 Å². The zero-order chi connectivity index (χ0) is 22.0. The Bertz CT molecular complexity index is 1150. The lowest BCUT2D eigenvalue weighted by Gasteiger charge is -2.50.